The van der Waals surface area contributed by atoms with Gasteiger partial charge in [-0.3, -0.25) is 0 Å². The zero-order valence-electron chi connectivity index (χ0n) is 11.3. The summed E-state index contributed by atoms with van der Waals surface area (Å²) >= 11 is 0. The van der Waals surface area contributed by atoms with Gasteiger partial charge in [-0.15, -0.1) is 0 Å². The Balaban J connectivity index is 2.13. The first kappa shape index (κ1) is 14.0. The van der Waals surface area contributed by atoms with Crippen molar-refractivity contribution in [2.45, 2.75) is 31.1 Å². The van der Waals surface area contributed by atoms with E-state index in [1.54, 1.807) is 25.3 Å². The van der Waals surface area contributed by atoms with Crippen LogP contribution in [0.25, 0.3) is 11.1 Å². The minimum atomic E-state index is -1.27. The normalized spacial score (nSPS) is 13.8. The van der Waals surface area contributed by atoms with Gasteiger partial charge >= 0.3 is 0 Å². The van der Waals surface area contributed by atoms with E-state index < -0.39 is 10.8 Å². The number of ether oxygens (including phenoxy) is 1. The summed E-state index contributed by atoms with van der Waals surface area (Å²) in [5.74, 6) is 0.448. The van der Waals surface area contributed by atoms with Gasteiger partial charge in [0.2, 0.25) is 0 Å². The summed E-state index contributed by atoms with van der Waals surface area (Å²) in [4.78, 5) is 4.21. The Morgan fingerprint density at radius 3 is 2.89 bits per heavy atom. The fourth-order valence-corrected chi connectivity index (χ4v) is 2.78. The number of aromatic nitrogens is 1. The third-order valence-corrected chi connectivity index (χ3v) is 4.17. The van der Waals surface area contributed by atoms with Crippen molar-refractivity contribution in [1.29, 1.82) is 0 Å². The predicted octanol–water partition coefficient (Wildman–Crippen LogP) is 2.33. The van der Waals surface area contributed by atoms with E-state index in [9.17, 15) is 4.21 Å². The van der Waals surface area contributed by atoms with Crippen molar-refractivity contribution in [2.24, 2.45) is 0 Å². The average Bonchev–Trinajstić information content (AvgIpc) is 2.79. The number of hydrogen-bond acceptors (Lipinski definition) is 5. The Kier molecular flexibility index (Phi) is 3.91. The average molecular weight is 282 g/mol. The molecule has 2 rings (SSSR count). The summed E-state index contributed by atoms with van der Waals surface area (Å²) in [6.45, 7) is 3.91. The summed E-state index contributed by atoms with van der Waals surface area (Å²) in [7, 11) is 0.375. The Labute approximate surface area is 114 Å². The molecule has 1 atom stereocenters. The van der Waals surface area contributed by atoms with Crippen molar-refractivity contribution in [3.05, 3.63) is 18.2 Å². The van der Waals surface area contributed by atoms with Gasteiger partial charge in [0.05, 0.1) is 5.60 Å². The Morgan fingerprint density at radius 1 is 1.47 bits per heavy atom. The molecule has 0 saturated carbocycles. The molecular formula is C13H18N2O3S. The van der Waals surface area contributed by atoms with Crippen LogP contribution in [-0.4, -0.2) is 27.7 Å². The van der Waals surface area contributed by atoms with Crippen LogP contribution >= 0.6 is 0 Å². The topological polar surface area (TPSA) is 78.3 Å². The number of hydrogen-bond donors (Lipinski definition) is 1. The molecule has 1 heterocycles. The lowest BCUT2D eigenvalue weighted by Gasteiger charge is -2.21. The second-order valence-electron chi connectivity index (χ2n) is 4.97. The maximum atomic E-state index is 12.1. The molecule has 0 aliphatic carbocycles. The molecule has 2 N–H and O–H groups in total. The Bertz CT molecular complexity index is 607. The van der Waals surface area contributed by atoms with Crippen molar-refractivity contribution in [3.8, 4) is 0 Å². The lowest BCUT2D eigenvalue weighted by Crippen LogP contribution is -2.24. The zero-order valence-corrected chi connectivity index (χ0v) is 12.1. The molecule has 0 amide bonds. The highest BCUT2D eigenvalue weighted by Crippen LogP contribution is 2.21. The van der Waals surface area contributed by atoms with Crippen LogP contribution in [0.15, 0.2) is 27.8 Å². The number of methoxy groups -OCH3 is 1. The molecule has 19 heavy (non-hydrogen) atoms. The number of rotatable bonds is 5. The number of nitrogen functional groups attached to an aromatic ring is 1. The van der Waals surface area contributed by atoms with E-state index in [4.69, 9.17) is 14.9 Å². The van der Waals surface area contributed by atoms with E-state index in [0.29, 0.717) is 29.0 Å². The van der Waals surface area contributed by atoms with Gasteiger partial charge in [-0.2, -0.15) is 0 Å². The predicted molar refractivity (Wildman–Crippen MR) is 75.4 cm³/mol. The molecule has 1 aromatic carbocycles. The van der Waals surface area contributed by atoms with Crippen LogP contribution in [0.1, 0.15) is 20.3 Å². The van der Waals surface area contributed by atoms with Gasteiger partial charge in [0.25, 0.3) is 5.22 Å². The number of nitrogens with zero attached hydrogens (tertiary/aromatic N) is 1. The number of nitrogens with two attached hydrogens (primary N) is 1. The Hall–Kier alpha value is -1.40. The van der Waals surface area contributed by atoms with Crippen molar-refractivity contribution in [1.82, 2.24) is 4.98 Å². The molecule has 0 radical (unpaired) electrons. The van der Waals surface area contributed by atoms with Crippen LogP contribution in [0, 0.1) is 0 Å². The van der Waals surface area contributed by atoms with Gasteiger partial charge in [-0.1, -0.05) is 0 Å². The molecule has 0 bridgehead atoms. The number of oxazole rings is 1. The SMILES string of the molecule is COC(C)(C)CCS(=O)c1nc2cc(N)ccc2o1. The van der Waals surface area contributed by atoms with Crippen molar-refractivity contribution >= 4 is 27.6 Å². The van der Waals surface area contributed by atoms with Gasteiger partial charge in [0.15, 0.2) is 5.58 Å². The van der Waals surface area contributed by atoms with Gasteiger partial charge in [0, 0.05) is 18.6 Å². The van der Waals surface area contributed by atoms with Crippen LogP contribution in [0.2, 0.25) is 0 Å². The summed E-state index contributed by atoms with van der Waals surface area (Å²) in [6.07, 6.45) is 0.664. The second kappa shape index (κ2) is 5.30. The number of fused-ring (bicyclic) bond motifs is 1. The first-order valence-electron chi connectivity index (χ1n) is 6.01. The standard InChI is InChI=1S/C13H18N2O3S/c1-13(2,17-3)6-7-19(16)12-15-10-8-9(14)4-5-11(10)18-12/h4-5,8H,6-7,14H2,1-3H3. The highest BCUT2D eigenvalue weighted by molar-refractivity contribution is 7.84. The van der Waals surface area contributed by atoms with Gasteiger partial charge < -0.3 is 14.9 Å². The van der Waals surface area contributed by atoms with Gasteiger partial charge in [0.1, 0.15) is 16.3 Å². The first-order chi connectivity index (χ1) is 8.91. The van der Waals surface area contributed by atoms with E-state index in [1.165, 1.54) is 0 Å². The fraction of sp³-hybridized carbons (Fsp3) is 0.462. The van der Waals surface area contributed by atoms with Crippen LogP contribution in [0.5, 0.6) is 0 Å². The molecule has 5 nitrogen and oxygen atoms in total. The molecule has 0 fully saturated rings. The molecule has 0 spiro atoms. The summed E-state index contributed by atoms with van der Waals surface area (Å²) in [5, 5.41) is 0.243. The molecule has 0 aliphatic heterocycles. The maximum absolute atomic E-state index is 12.1. The number of anilines is 1. The molecule has 104 valence electrons. The quantitative estimate of drug-likeness (QED) is 0.851. The summed E-state index contributed by atoms with van der Waals surface area (Å²) in [6, 6.07) is 5.17. The van der Waals surface area contributed by atoms with Crippen molar-refractivity contribution in [3.63, 3.8) is 0 Å². The lowest BCUT2D eigenvalue weighted by atomic mass is 10.1. The molecule has 1 aromatic heterocycles. The largest absolute Gasteiger partial charge is 0.430 e. The van der Waals surface area contributed by atoms with Gasteiger partial charge in [-0.05, 0) is 38.5 Å². The van der Waals surface area contributed by atoms with Gasteiger partial charge in [-0.25, -0.2) is 9.19 Å². The molecule has 0 aliphatic rings. The van der Waals surface area contributed by atoms with E-state index >= 15 is 0 Å². The molecule has 6 heteroatoms. The van der Waals surface area contributed by atoms with E-state index in [-0.39, 0.29) is 10.8 Å². The molecule has 1 unspecified atom stereocenters. The minimum Gasteiger partial charge on any atom is -0.430 e. The molecule has 0 saturated heterocycles. The highest BCUT2D eigenvalue weighted by Gasteiger charge is 2.20. The summed E-state index contributed by atoms with van der Waals surface area (Å²) in [5.41, 5.74) is 7.21. The van der Waals surface area contributed by atoms with E-state index in [2.05, 4.69) is 4.98 Å². The second-order valence-corrected chi connectivity index (χ2v) is 6.42. The lowest BCUT2D eigenvalue weighted by molar-refractivity contribution is 0.0204. The van der Waals surface area contributed by atoms with Crippen LogP contribution in [0.4, 0.5) is 5.69 Å². The third-order valence-electron chi connectivity index (χ3n) is 3.03. The minimum absolute atomic E-state index is 0.243. The zero-order chi connectivity index (χ0) is 14.0. The molecule has 2 aromatic rings. The highest BCUT2D eigenvalue weighted by atomic mass is 32.2. The maximum Gasteiger partial charge on any atom is 0.287 e. The Morgan fingerprint density at radius 2 is 2.21 bits per heavy atom. The van der Waals surface area contributed by atoms with Crippen molar-refractivity contribution < 1.29 is 13.4 Å². The first-order valence-corrected chi connectivity index (χ1v) is 7.33. The van der Waals surface area contributed by atoms with Crippen molar-refractivity contribution in [2.75, 3.05) is 18.6 Å². The fourth-order valence-electron chi connectivity index (χ4n) is 1.55. The smallest absolute Gasteiger partial charge is 0.287 e. The summed E-state index contributed by atoms with van der Waals surface area (Å²) < 4.78 is 22.9. The monoisotopic (exact) mass is 282 g/mol. The number of benzene rings is 1. The van der Waals surface area contributed by atoms with Crippen LogP contribution < -0.4 is 5.73 Å². The van der Waals surface area contributed by atoms with Crippen LogP contribution in [0.3, 0.4) is 0 Å². The van der Waals surface area contributed by atoms with Crippen LogP contribution in [-0.2, 0) is 15.5 Å². The van der Waals surface area contributed by atoms with E-state index in [1.807, 2.05) is 13.8 Å². The molecular weight excluding hydrogens is 264 g/mol. The van der Waals surface area contributed by atoms with E-state index in [0.717, 1.165) is 0 Å². The third kappa shape index (κ3) is 3.33.